The van der Waals surface area contributed by atoms with Gasteiger partial charge in [0, 0.05) is 0 Å². The molecule has 182 valence electrons. The van der Waals surface area contributed by atoms with E-state index in [1.807, 2.05) is 30.3 Å². The fourth-order valence-electron chi connectivity index (χ4n) is 3.42. The van der Waals surface area contributed by atoms with Crippen molar-refractivity contribution in [2.75, 3.05) is 13.1 Å². The zero-order chi connectivity index (χ0) is 24.4. The molecule has 0 aliphatic carbocycles. The van der Waals surface area contributed by atoms with Crippen molar-refractivity contribution in [1.82, 2.24) is 15.3 Å². The lowest BCUT2D eigenvalue weighted by atomic mass is 10.2. The molecule has 0 aromatic heterocycles. The lowest BCUT2D eigenvalue weighted by Gasteiger charge is -2.33. The fourth-order valence-corrected chi connectivity index (χ4v) is 3.42. The quantitative estimate of drug-likeness (QED) is 0.414. The molecule has 0 spiro atoms. The number of carbonyl (C=O) groups excluding carboxylic acids is 3. The first-order chi connectivity index (χ1) is 15.3. The van der Waals surface area contributed by atoms with Crippen LogP contribution >= 0.6 is 0 Å². The molecule has 10 heteroatoms. The highest BCUT2D eigenvalue weighted by Gasteiger charge is 2.57. The third kappa shape index (κ3) is 7.24. The number of carbonyl (C=O) groups is 3. The van der Waals surface area contributed by atoms with Gasteiger partial charge in [0.15, 0.2) is 0 Å². The number of rotatable bonds is 4. The smallest absolute Gasteiger partial charge is 0.429 e. The van der Waals surface area contributed by atoms with Crippen molar-refractivity contribution in [2.24, 2.45) is 0 Å². The highest BCUT2D eigenvalue weighted by molar-refractivity contribution is 5.74. The predicted molar refractivity (Wildman–Crippen MR) is 118 cm³/mol. The molecular weight excluding hydrogens is 430 g/mol. The van der Waals surface area contributed by atoms with Crippen LogP contribution in [0.1, 0.15) is 47.1 Å². The zero-order valence-electron chi connectivity index (χ0n) is 20.0. The second-order valence-corrected chi connectivity index (χ2v) is 10.1. The molecule has 0 bridgehead atoms. The summed E-state index contributed by atoms with van der Waals surface area (Å²) in [5, 5.41) is 1.02. The fraction of sp³-hybridized carbons (Fsp3) is 0.609. The van der Waals surface area contributed by atoms with E-state index >= 15 is 0 Å². The van der Waals surface area contributed by atoms with Gasteiger partial charge in [-0.2, -0.15) is 0 Å². The van der Waals surface area contributed by atoms with Gasteiger partial charge in [-0.25, -0.2) is 24.8 Å². The van der Waals surface area contributed by atoms with E-state index < -0.39 is 35.5 Å². The van der Waals surface area contributed by atoms with Crippen molar-refractivity contribution in [2.45, 2.75) is 77.6 Å². The molecule has 1 aromatic carbocycles. The number of nitrogens with one attached hydrogen (secondary N) is 1. The van der Waals surface area contributed by atoms with E-state index in [1.54, 1.807) is 41.5 Å². The Morgan fingerprint density at radius 2 is 1.70 bits per heavy atom. The minimum Gasteiger partial charge on any atom is -0.444 e. The van der Waals surface area contributed by atoms with Gasteiger partial charge in [0.05, 0.1) is 19.1 Å². The van der Waals surface area contributed by atoms with Crippen molar-refractivity contribution in [3.8, 4) is 0 Å². The van der Waals surface area contributed by atoms with Gasteiger partial charge in [-0.3, -0.25) is 4.90 Å². The number of ether oxygens (including phenoxy) is 4. The van der Waals surface area contributed by atoms with E-state index in [0.717, 1.165) is 10.6 Å². The molecule has 3 rings (SSSR count). The SMILES string of the molecule is CC(C)(C)OC(=O)N(CC1C2OC2CN1C(=O)OC(C)(C)C)NC(=O)OCc1ccccc1. The van der Waals surface area contributed by atoms with Gasteiger partial charge in [-0.15, -0.1) is 0 Å². The maximum Gasteiger partial charge on any atom is 0.429 e. The number of hydrogen-bond donors (Lipinski definition) is 1. The van der Waals surface area contributed by atoms with Crippen LogP contribution in [0.3, 0.4) is 0 Å². The number of likely N-dealkylation sites (tertiary alicyclic amines) is 1. The molecule has 3 unspecified atom stereocenters. The lowest BCUT2D eigenvalue weighted by molar-refractivity contribution is -0.00880. The van der Waals surface area contributed by atoms with Crippen LogP contribution < -0.4 is 5.43 Å². The molecule has 10 nitrogen and oxygen atoms in total. The second-order valence-electron chi connectivity index (χ2n) is 10.1. The maximum atomic E-state index is 12.8. The van der Waals surface area contributed by atoms with Gasteiger partial charge in [-0.1, -0.05) is 30.3 Å². The first-order valence-electron chi connectivity index (χ1n) is 11.0. The molecule has 0 saturated carbocycles. The van der Waals surface area contributed by atoms with Gasteiger partial charge in [-0.05, 0) is 47.1 Å². The van der Waals surface area contributed by atoms with Crippen molar-refractivity contribution in [3.05, 3.63) is 35.9 Å². The Balaban J connectivity index is 1.68. The number of epoxide rings is 1. The summed E-state index contributed by atoms with van der Waals surface area (Å²) in [4.78, 5) is 39.5. The van der Waals surface area contributed by atoms with Crippen molar-refractivity contribution >= 4 is 18.3 Å². The van der Waals surface area contributed by atoms with Crippen molar-refractivity contribution < 1.29 is 33.3 Å². The van der Waals surface area contributed by atoms with Gasteiger partial charge in [0.25, 0.3) is 0 Å². The number of hydrogen-bond acceptors (Lipinski definition) is 7. The molecule has 2 fully saturated rings. The lowest BCUT2D eigenvalue weighted by Crippen LogP contribution is -2.55. The molecule has 1 N–H and O–H groups in total. The maximum absolute atomic E-state index is 12.8. The summed E-state index contributed by atoms with van der Waals surface area (Å²) < 4.78 is 21.8. The molecule has 2 saturated heterocycles. The van der Waals surface area contributed by atoms with Crippen LogP contribution in [0.25, 0.3) is 0 Å². The summed E-state index contributed by atoms with van der Waals surface area (Å²) >= 11 is 0. The molecule has 3 atom stereocenters. The number of benzene rings is 1. The van der Waals surface area contributed by atoms with E-state index in [2.05, 4.69) is 5.43 Å². The zero-order valence-corrected chi connectivity index (χ0v) is 20.0. The highest BCUT2D eigenvalue weighted by atomic mass is 16.6. The number of hydrazine groups is 1. The number of morpholine rings is 1. The Morgan fingerprint density at radius 1 is 1.06 bits per heavy atom. The molecule has 2 aliphatic rings. The summed E-state index contributed by atoms with van der Waals surface area (Å²) in [6.45, 7) is 10.9. The Bertz CT molecular complexity index is 863. The minimum absolute atomic E-state index is 0.0378. The van der Waals surface area contributed by atoms with E-state index in [0.29, 0.717) is 6.54 Å². The summed E-state index contributed by atoms with van der Waals surface area (Å²) in [6.07, 6.45) is -2.45. The minimum atomic E-state index is -0.820. The number of amides is 3. The average Bonchev–Trinajstić information content (AvgIpc) is 3.37. The van der Waals surface area contributed by atoms with Gasteiger partial charge in [0.2, 0.25) is 0 Å². The Hall–Kier alpha value is -3.01. The predicted octanol–water partition coefficient (Wildman–Crippen LogP) is 3.45. The third-order valence-electron chi connectivity index (χ3n) is 4.83. The van der Waals surface area contributed by atoms with Crippen LogP contribution in [-0.4, -0.2) is 70.7 Å². The highest BCUT2D eigenvalue weighted by Crippen LogP contribution is 2.37. The normalized spacial score (nSPS) is 21.6. The van der Waals surface area contributed by atoms with Crippen LogP contribution in [0.5, 0.6) is 0 Å². The summed E-state index contributed by atoms with van der Waals surface area (Å²) in [5.74, 6) is 0. The molecular formula is C23H33N3O7. The van der Waals surface area contributed by atoms with Crippen molar-refractivity contribution in [1.29, 1.82) is 0 Å². The third-order valence-corrected chi connectivity index (χ3v) is 4.83. The van der Waals surface area contributed by atoms with Gasteiger partial charge >= 0.3 is 18.3 Å². The van der Waals surface area contributed by atoms with E-state index in [4.69, 9.17) is 18.9 Å². The van der Waals surface area contributed by atoms with E-state index in [-0.39, 0.29) is 25.4 Å². The molecule has 1 aromatic rings. The van der Waals surface area contributed by atoms with Crippen LogP contribution in [0.15, 0.2) is 30.3 Å². The first-order valence-corrected chi connectivity index (χ1v) is 11.0. The summed E-state index contributed by atoms with van der Waals surface area (Å²) in [5.41, 5.74) is 1.80. The number of nitrogens with zero attached hydrogens (tertiary/aromatic N) is 2. The van der Waals surface area contributed by atoms with Crippen LogP contribution in [0.4, 0.5) is 14.4 Å². The van der Waals surface area contributed by atoms with Crippen LogP contribution in [0, 0.1) is 0 Å². The van der Waals surface area contributed by atoms with E-state index in [9.17, 15) is 14.4 Å². The molecule has 33 heavy (non-hydrogen) atoms. The standard InChI is InChI=1S/C23H33N3O7/c1-22(2,3)32-20(28)25-13-17-18(31-17)16(25)12-26(21(29)33-23(4,5)6)24-19(27)30-14-15-10-8-7-9-11-15/h7-11,16-18H,12-14H2,1-6H3,(H,24,27). The van der Waals surface area contributed by atoms with Crippen LogP contribution in [-0.2, 0) is 25.6 Å². The van der Waals surface area contributed by atoms with Gasteiger partial charge < -0.3 is 18.9 Å². The van der Waals surface area contributed by atoms with Crippen molar-refractivity contribution in [3.63, 3.8) is 0 Å². The van der Waals surface area contributed by atoms with Gasteiger partial charge in [0.1, 0.15) is 30.0 Å². The Morgan fingerprint density at radius 3 is 2.30 bits per heavy atom. The average molecular weight is 464 g/mol. The van der Waals surface area contributed by atoms with Crippen LogP contribution in [0.2, 0.25) is 0 Å². The summed E-state index contributed by atoms with van der Waals surface area (Å²) in [6, 6.07) is 8.66. The largest absolute Gasteiger partial charge is 0.444 e. The molecule has 0 radical (unpaired) electrons. The summed E-state index contributed by atoms with van der Waals surface area (Å²) in [7, 11) is 0. The molecule has 3 amide bonds. The topological polar surface area (TPSA) is 110 Å². The second kappa shape index (κ2) is 9.46. The Labute approximate surface area is 194 Å². The number of fused-ring (bicyclic) bond motifs is 1. The monoisotopic (exact) mass is 463 g/mol. The molecule has 2 heterocycles. The first kappa shape index (κ1) is 24.6. The Kier molecular flexibility index (Phi) is 7.06. The van der Waals surface area contributed by atoms with E-state index in [1.165, 1.54) is 4.90 Å². The molecule has 2 aliphatic heterocycles.